The minimum absolute atomic E-state index is 0.692. The van der Waals surface area contributed by atoms with Gasteiger partial charge in [-0.25, -0.2) is 0 Å². The highest BCUT2D eigenvalue weighted by atomic mass is 14.6. The Hall–Kier alpha value is -0.590. The second-order valence-electron chi connectivity index (χ2n) is 1.17. The van der Waals surface area contributed by atoms with Crippen LogP contribution in [0.15, 0.2) is 0 Å². The minimum atomic E-state index is 0.692. The van der Waals surface area contributed by atoms with E-state index >= 15 is 0 Å². The Kier molecular flexibility index (Phi) is 4.95. The third kappa shape index (κ3) is 5.41. The van der Waals surface area contributed by atoms with Gasteiger partial charge in [-0.2, -0.15) is 0 Å². The lowest BCUT2D eigenvalue weighted by Crippen LogP contribution is -1.99. The zero-order valence-electron chi connectivity index (χ0n) is 4.59. The Morgan fingerprint density at radius 3 is 2.86 bits per heavy atom. The molecule has 0 aliphatic carbocycles. The zero-order chi connectivity index (χ0) is 5.54. The van der Waals surface area contributed by atoms with Crippen LogP contribution in [-0.2, 0) is 0 Å². The molecule has 0 aromatic heterocycles. The lowest BCUT2D eigenvalue weighted by atomic mass is 10.5. The largest absolute Gasteiger partial charge is 0.330 e. The van der Waals surface area contributed by atoms with Crippen molar-refractivity contribution in [1.29, 1.82) is 0 Å². The molecule has 2 N–H and O–H groups in total. The van der Waals surface area contributed by atoms with Gasteiger partial charge in [0.1, 0.15) is 0 Å². The fourth-order valence-corrected chi connectivity index (χ4v) is 0.254. The molecule has 0 saturated carbocycles. The maximum absolute atomic E-state index is 5.16. The van der Waals surface area contributed by atoms with E-state index in [9.17, 15) is 0 Å². The summed E-state index contributed by atoms with van der Waals surface area (Å²) >= 11 is 0. The lowest BCUT2D eigenvalue weighted by Gasteiger charge is -1.67. The first-order valence-electron chi connectivity index (χ1n) is 2.41. The first-order chi connectivity index (χ1) is 3.41. The average Bonchev–Trinajstić information content (AvgIpc) is 1.69. The highest BCUT2D eigenvalue weighted by Gasteiger charge is 1.75. The Morgan fingerprint density at radius 2 is 2.43 bits per heavy atom. The molecular weight excluding hydrogens is 88.1 g/mol. The van der Waals surface area contributed by atoms with Crippen molar-refractivity contribution in [1.82, 2.24) is 4.67 Å². The summed E-state index contributed by atoms with van der Waals surface area (Å²) in [5, 5.41) is 0. The van der Waals surface area contributed by atoms with E-state index in [0.717, 1.165) is 6.42 Å². The number of nitrogens with zero attached hydrogens (tertiary/aromatic N) is 1. The van der Waals surface area contributed by atoms with Crippen molar-refractivity contribution in [3.63, 3.8) is 0 Å². The van der Waals surface area contributed by atoms with E-state index in [-0.39, 0.29) is 0 Å². The van der Waals surface area contributed by atoms with Crippen LogP contribution in [0.3, 0.4) is 0 Å². The summed E-state index contributed by atoms with van der Waals surface area (Å²) in [5.74, 6) is 0. The van der Waals surface area contributed by atoms with Gasteiger partial charge in [0.15, 0.2) is 0 Å². The first kappa shape index (κ1) is 6.41. The average molecular weight is 99.2 g/mol. The fourth-order valence-electron chi connectivity index (χ4n) is 0.254. The summed E-state index contributed by atoms with van der Waals surface area (Å²) in [5.41, 5.74) is 5.16. The van der Waals surface area contributed by atoms with Crippen LogP contribution in [-0.4, -0.2) is 19.0 Å². The topological polar surface area (TPSA) is 40.1 Å². The Labute approximate surface area is 43.8 Å². The van der Waals surface area contributed by atoms with Crippen LogP contribution in [0, 0.1) is 0 Å². The first-order valence-corrected chi connectivity index (χ1v) is 2.41. The van der Waals surface area contributed by atoms with Crippen molar-refractivity contribution >= 4 is 12.4 Å². The van der Waals surface area contributed by atoms with Crippen molar-refractivity contribution < 1.29 is 0 Å². The van der Waals surface area contributed by atoms with Crippen molar-refractivity contribution in [2.24, 2.45) is 5.73 Å². The Morgan fingerprint density at radius 1 is 1.71 bits per heavy atom. The Balaban J connectivity index is 3.10. The van der Waals surface area contributed by atoms with E-state index in [1.54, 1.807) is 12.4 Å². The monoisotopic (exact) mass is 99.1 g/mol. The standard InChI is InChI=1S/C5H11N2/c1-2-7-5-3-4-6/h2,5H,3-4,6H2,1H3/q+1. The molecule has 0 unspecified atom stereocenters. The van der Waals surface area contributed by atoms with Crippen LogP contribution in [0.1, 0.15) is 13.3 Å². The maximum Gasteiger partial charge on any atom is 0.269 e. The van der Waals surface area contributed by atoms with E-state index in [4.69, 9.17) is 5.73 Å². The summed E-state index contributed by atoms with van der Waals surface area (Å²) in [6.07, 6.45) is 4.43. The molecule has 0 amide bonds. The van der Waals surface area contributed by atoms with Crippen LogP contribution >= 0.6 is 0 Å². The van der Waals surface area contributed by atoms with Gasteiger partial charge < -0.3 is 5.73 Å². The van der Waals surface area contributed by atoms with Gasteiger partial charge in [-0.15, -0.1) is 4.67 Å². The second-order valence-corrected chi connectivity index (χ2v) is 1.17. The predicted octanol–water partition coefficient (Wildman–Crippen LogP) is -0.436. The molecule has 2 heteroatoms. The molecule has 0 spiro atoms. The van der Waals surface area contributed by atoms with Crippen LogP contribution in [0.25, 0.3) is 0 Å². The number of hydrogen-bond acceptors (Lipinski definition) is 1. The van der Waals surface area contributed by atoms with Gasteiger partial charge >= 0.3 is 0 Å². The fraction of sp³-hybridized carbons (Fsp3) is 0.600. The second kappa shape index (κ2) is 5.41. The van der Waals surface area contributed by atoms with E-state index in [1.807, 2.05) is 6.92 Å². The molecule has 0 radical (unpaired) electrons. The molecule has 0 aliphatic rings. The number of hydrogen-bond donors (Lipinski definition) is 1. The van der Waals surface area contributed by atoms with Gasteiger partial charge in [0.2, 0.25) is 0 Å². The summed E-state index contributed by atoms with van der Waals surface area (Å²) < 4.78 is 3.83. The maximum atomic E-state index is 5.16. The van der Waals surface area contributed by atoms with Gasteiger partial charge in [0.25, 0.3) is 12.4 Å². The smallest absolute Gasteiger partial charge is 0.269 e. The molecule has 0 aliphatic heterocycles. The van der Waals surface area contributed by atoms with Crippen molar-refractivity contribution in [2.45, 2.75) is 13.3 Å². The van der Waals surface area contributed by atoms with Gasteiger partial charge in [-0.05, 0) is 0 Å². The van der Waals surface area contributed by atoms with Crippen LogP contribution in [0.5, 0.6) is 0 Å². The summed E-state index contributed by atoms with van der Waals surface area (Å²) in [6.45, 7) is 2.57. The van der Waals surface area contributed by atoms with Crippen LogP contribution in [0.2, 0.25) is 0 Å². The molecule has 0 atom stereocenters. The van der Waals surface area contributed by atoms with E-state index in [2.05, 4.69) is 4.67 Å². The van der Waals surface area contributed by atoms with E-state index in [1.165, 1.54) is 0 Å². The van der Waals surface area contributed by atoms with Gasteiger partial charge in [-0.3, -0.25) is 0 Å². The van der Waals surface area contributed by atoms with Crippen molar-refractivity contribution in [3.8, 4) is 0 Å². The van der Waals surface area contributed by atoms with E-state index in [0.29, 0.717) is 6.54 Å². The molecule has 0 fully saturated rings. The summed E-state index contributed by atoms with van der Waals surface area (Å²) in [7, 11) is 0. The molecule has 0 bridgehead atoms. The highest BCUT2D eigenvalue weighted by Crippen LogP contribution is 1.55. The van der Waals surface area contributed by atoms with Crippen molar-refractivity contribution in [2.75, 3.05) is 6.54 Å². The lowest BCUT2D eigenvalue weighted by molar-refractivity contribution is 1.06. The van der Waals surface area contributed by atoms with Crippen LogP contribution in [0.4, 0.5) is 0 Å². The molecule has 7 heavy (non-hydrogen) atoms. The molecular formula is C5H11N2+. The molecule has 2 nitrogen and oxygen atoms in total. The molecule has 0 heterocycles. The SMILES string of the molecule is CC=[N+]=CCCN. The molecule has 0 aromatic carbocycles. The Bertz CT molecular complexity index is 80.1. The normalized spacial score (nSPS) is 7.14. The molecule has 0 saturated heterocycles. The third-order valence-corrected chi connectivity index (χ3v) is 0.550. The number of nitrogens with two attached hydrogens (primary N) is 1. The third-order valence-electron chi connectivity index (χ3n) is 0.550. The van der Waals surface area contributed by atoms with Crippen LogP contribution < -0.4 is 10.4 Å². The summed E-state index contributed by atoms with van der Waals surface area (Å²) in [6, 6.07) is 0. The molecule has 0 aromatic rings. The van der Waals surface area contributed by atoms with Crippen molar-refractivity contribution in [3.05, 3.63) is 0 Å². The van der Waals surface area contributed by atoms with E-state index < -0.39 is 0 Å². The molecule has 0 rings (SSSR count). The zero-order valence-corrected chi connectivity index (χ0v) is 4.59. The molecule has 40 valence electrons. The quantitative estimate of drug-likeness (QED) is 0.370. The predicted molar refractivity (Wildman–Crippen MR) is 33.6 cm³/mol. The van der Waals surface area contributed by atoms with Gasteiger partial charge in [0, 0.05) is 13.5 Å². The number of rotatable bonds is 2. The van der Waals surface area contributed by atoms with Gasteiger partial charge in [0.05, 0.1) is 6.42 Å². The minimum Gasteiger partial charge on any atom is -0.330 e. The van der Waals surface area contributed by atoms with Gasteiger partial charge in [-0.1, -0.05) is 0 Å². The summed E-state index contributed by atoms with van der Waals surface area (Å²) in [4.78, 5) is 0. The highest BCUT2D eigenvalue weighted by molar-refractivity contribution is 5.64.